The minimum atomic E-state index is -3.76. The van der Waals surface area contributed by atoms with Gasteiger partial charge in [0.1, 0.15) is 17.2 Å². The summed E-state index contributed by atoms with van der Waals surface area (Å²) in [5, 5.41) is 11.6. The van der Waals surface area contributed by atoms with E-state index in [1.807, 2.05) is 30.3 Å². The van der Waals surface area contributed by atoms with Crippen molar-refractivity contribution in [3.8, 4) is 5.75 Å². The molecule has 1 heterocycles. The van der Waals surface area contributed by atoms with Crippen LogP contribution < -0.4 is 4.74 Å². The van der Waals surface area contributed by atoms with E-state index >= 15 is 0 Å². The van der Waals surface area contributed by atoms with Crippen molar-refractivity contribution in [1.82, 2.24) is 0 Å². The molecule has 3 rings (SSSR count). The summed E-state index contributed by atoms with van der Waals surface area (Å²) in [5.74, 6) is -0.766. The van der Waals surface area contributed by atoms with Gasteiger partial charge in [0, 0.05) is 19.8 Å². The van der Waals surface area contributed by atoms with Crippen molar-refractivity contribution in [2.45, 2.75) is 12.6 Å². The summed E-state index contributed by atoms with van der Waals surface area (Å²) in [6.45, 7) is 1.34. The molecule has 0 saturated heterocycles. The molecule has 1 aliphatic rings. The smallest absolute Gasteiger partial charge is 0.344 e. The molecule has 2 aromatic rings. The van der Waals surface area contributed by atoms with E-state index in [1.165, 1.54) is 21.1 Å². The number of carbonyl (C=O) groups excluding carboxylic acids is 1. The van der Waals surface area contributed by atoms with Gasteiger partial charge in [-0.05, 0) is 23.8 Å². The standard InChI is InChI=1S/C17H17O6P/c1-10(18)14-16(24(20,21-2)22-3)15-12-7-5-4-6-11(12)8-9-13(15)23-17(14)19/h4-9,16,18H,1-3H3/b14-10+. The van der Waals surface area contributed by atoms with E-state index < -0.39 is 19.2 Å². The first-order valence-electron chi connectivity index (χ1n) is 7.27. The van der Waals surface area contributed by atoms with Crippen LogP contribution in [0.5, 0.6) is 5.75 Å². The summed E-state index contributed by atoms with van der Waals surface area (Å²) < 4.78 is 28.8. The fourth-order valence-corrected chi connectivity index (χ4v) is 4.77. The van der Waals surface area contributed by atoms with Crippen LogP contribution in [0.15, 0.2) is 47.7 Å². The maximum atomic E-state index is 13.2. The average molecular weight is 348 g/mol. The molecule has 24 heavy (non-hydrogen) atoms. The van der Waals surface area contributed by atoms with Crippen molar-refractivity contribution in [2.75, 3.05) is 14.2 Å². The van der Waals surface area contributed by atoms with Gasteiger partial charge in [0.15, 0.2) is 0 Å². The van der Waals surface area contributed by atoms with Crippen LogP contribution in [0.4, 0.5) is 0 Å². The van der Waals surface area contributed by atoms with Gasteiger partial charge in [-0.2, -0.15) is 0 Å². The second-order valence-electron chi connectivity index (χ2n) is 5.39. The first kappa shape index (κ1) is 16.7. The maximum absolute atomic E-state index is 13.2. The molecule has 0 saturated carbocycles. The Morgan fingerprint density at radius 3 is 2.46 bits per heavy atom. The van der Waals surface area contributed by atoms with E-state index in [2.05, 4.69) is 0 Å². The molecule has 1 atom stereocenters. The average Bonchev–Trinajstić information content (AvgIpc) is 2.59. The third-order valence-electron chi connectivity index (χ3n) is 4.12. The Bertz CT molecular complexity index is 889. The number of carbonyl (C=O) groups is 1. The lowest BCUT2D eigenvalue weighted by Gasteiger charge is -2.32. The third-order valence-corrected chi connectivity index (χ3v) is 6.28. The molecule has 6 nitrogen and oxygen atoms in total. The quantitative estimate of drug-likeness (QED) is 0.295. The Morgan fingerprint density at radius 1 is 1.17 bits per heavy atom. The first-order valence-corrected chi connectivity index (χ1v) is 8.89. The molecule has 0 fully saturated rings. The number of aliphatic hydroxyl groups excluding tert-OH is 1. The predicted octanol–water partition coefficient (Wildman–Crippen LogP) is 4.12. The lowest BCUT2D eigenvalue weighted by Crippen LogP contribution is -2.26. The van der Waals surface area contributed by atoms with Crippen LogP contribution in [0.25, 0.3) is 10.8 Å². The summed E-state index contributed by atoms with van der Waals surface area (Å²) in [4.78, 5) is 12.4. The van der Waals surface area contributed by atoms with Gasteiger partial charge in [-0.3, -0.25) is 4.57 Å². The monoisotopic (exact) mass is 348 g/mol. The summed E-state index contributed by atoms with van der Waals surface area (Å²) in [5.41, 5.74) is -0.686. The van der Waals surface area contributed by atoms with Gasteiger partial charge in [0.25, 0.3) is 0 Å². The summed E-state index contributed by atoms with van der Waals surface area (Å²) >= 11 is 0. The number of fused-ring (bicyclic) bond motifs is 3. The van der Waals surface area contributed by atoms with Gasteiger partial charge in [-0.15, -0.1) is 0 Å². The zero-order valence-corrected chi connectivity index (χ0v) is 14.4. The second kappa shape index (κ2) is 6.06. The molecule has 0 spiro atoms. The predicted molar refractivity (Wildman–Crippen MR) is 89.3 cm³/mol. The van der Waals surface area contributed by atoms with E-state index in [0.717, 1.165) is 10.8 Å². The van der Waals surface area contributed by atoms with Crippen LogP contribution in [0, 0.1) is 0 Å². The normalized spacial score (nSPS) is 19.8. The van der Waals surface area contributed by atoms with E-state index in [9.17, 15) is 14.5 Å². The van der Waals surface area contributed by atoms with Crippen LogP contribution >= 0.6 is 7.60 Å². The number of ether oxygens (including phenoxy) is 1. The summed E-state index contributed by atoms with van der Waals surface area (Å²) in [6, 6.07) is 10.9. The van der Waals surface area contributed by atoms with Gasteiger partial charge >= 0.3 is 13.6 Å². The molecule has 126 valence electrons. The van der Waals surface area contributed by atoms with Crippen molar-refractivity contribution in [1.29, 1.82) is 0 Å². The molecular weight excluding hydrogens is 331 g/mol. The molecule has 7 heteroatoms. The maximum Gasteiger partial charge on any atom is 0.344 e. The van der Waals surface area contributed by atoms with Crippen LogP contribution in [0.3, 0.4) is 0 Å². The highest BCUT2D eigenvalue weighted by molar-refractivity contribution is 7.54. The van der Waals surface area contributed by atoms with Gasteiger partial charge in [-0.25, -0.2) is 4.79 Å². The summed E-state index contributed by atoms with van der Waals surface area (Å²) in [7, 11) is -1.26. The zero-order valence-electron chi connectivity index (χ0n) is 13.5. The van der Waals surface area contributed by atoms with Crippen molar-refractivity contribution in [2.24, 2.45) is 0 Å². The SMILES string of the molecule is COP(=O)(OC)C1/C(=C(/C)O)C(=O)Oc2ccc3ccccc3c21. The Balaban J connectivity index is 2.43. The Labute approximate surface area is 139 Å². The van der Waals surface area contributed by atoms with E-state index in [-0.39, 0.29) is 17.1 Å². The van der Waals surface area contributed by atoms with Gasteiger partial charge in [0.2, 0.25) is 0 Å². The molecule has 1 aliphatic heterocycles. The Kier molecular flexibility index (Phi) is 4.22. The van der Waals surface area contributed by atoms with E-state index in [1.54, 1.807) is 6.07 Å². The van der Waals surface area contributed by atoms with Crippen LogP contribution in [-0.2, 0) is 18.4 Å². The minimum absolute atomic E-state index is 0.120. The van der Waals surface area contributed by atoms with Gasteiger partial charge < -0.3 is 18.9 Å². The van der Waals surface area contributed by atoms with Crippen molar-refractivity contribution >= 4 is 24.3 Å². The molecule has 0 amide bonds. The Hall–Kier alpha value is -2.14. The first-order chi connectivity index (χ1) is 11.4. The minimum Gasteiger partial charge on any atom is -0.512 e. The molecule has 0 radical (unpaired) electrons. The fourth-order valence-electron chi connectivity index (χ4n) is 3.00. The third kappa shape index (κ3) is 2.44. The lowest BCUT2D eigenvalue weighted by molar-refractivity contribution is -0.131. The largest absolute Gasteiger partial charge is 0.512 e. The van der Waals surface area contributed by atoms with Gasteiger partial charge in [0.05, 0.1) is 5.57 Å². The number of benzene rings is 2. The topological polar surface area (TPSA) is 82.1 Å². The second-order valence-corrected chi connectivity index (χ2v) is 7.72. The lowest BCUT2D eigenvalue weighted by atomic mass is 9.94. The van der Waals surface area contributed by atoms with Crippen LogP contribution in [-0.4, -0.2) is 25.3 Å². The highest BCUT2D eigenvalue weighted by atomic mass is 31.2. The molecule has 0 aliphatic carbocycles. The number of allylic oxidation sites excluding steroid dienone is 1. The molecule has 0 bridgehead atoms. The molecule has 1 N–H and O–H groups in total. The summed E-state index contributed by atoms with van der Waals surface area (Å²) in [6.07, 6.45) is 0. The number of hydrogen-bond donors (Lipinski definition) is 1. The van der Waals surface area contributed by atoms with E-state index in [0.29, 0.717) is 5.56 Å². The van der Waals surface area contributed by atoms with Gasteiger partial charge in [-0.1, -0.05) is 30.3 Å². The molecular formula is C17H17O6P. The Morgan fingerprint density at radius 2 is 1.83 bits per heavy atom. The van der Waals surface area contributed by atoms with Crippen LogP contribution in [0.2, 0.25) is 0 Å². The number of hydrogen-bond acceptors (Lipinski definition) is 6. The van der Waals surface area contributed by atoms with E-state index in [4.69, 9.17) is 13.8 Å². The zero-order chi connectivity index (χ0) is 17.5. The highest BCUT2D eigenvalue weighted by Gasteiger charge is 2.48. The number of aliphatic hydroxyl groups is 1. The molecule has 1 unspecified atom stereocenters. The number of esters is 1. The number of rotatable bonds is 3. The van der Waals surface area contributed by atoms with Crippen molar-refractivity contribution in [3.05, 3.63) is 53.3 Å². The molecule has 0 aromatic heterocycles. The fraction of sp³-hybridized carbons (Fsp3) is 0.235. The van der Waals surface area contributed by atoms with Crippen molar-refractivity contribution in [3.63, 3.8) is 0 Å². The molecule has 2 aromatic carbocycles. The highest BCUT2D eigenvalue weighted by Crippen LogP contribution is 2.66. The van der Waals surface area contributed by atoms with Crippen LogP contribution in [0.1, 0.15) is 18.1 Å². The van der Waals surface area contributed by atoms with Crippen molar-refractivity contribution < 1.29 is 28.3 Å².